The molecule has 6 nitrogen and oxygen atoms in total. The number of amides is 3. The van der Waals surface area contributed by atoms with Crippen LogP contribution in [0.25, 0.3) is 0 Å². The van der Waals surface area contributed by atoms with E-state index in [9.17, 15) is 14.4 Å². The number of nitrogens with one attached hydrogen (secondary N) is 1. The molecule has 1 N–H and O–H groups in total. The van der Waals surface area contributed by atoms with Crippen LogP contribution in [0.1, 0.15) is 46.8 Å². The zero-order valence-corrected chi connectivity index (χ0v) is 17.1. The number of hydrogen-bond donors (Lipinski definition) is 1. The van der Waals surface area contributed by atoms with Gasteiger partial charge in [-0.1, -0.05) is 13.8 Å². The summed E-state index contributed by atoms with van der Waals surface area (Å²) in [5, 5.41) is 3.08. The highest BCUT2D eigenvalue weighted by molar-refractivity contribution is 7.14. The summed E-state index contributed by atoms with van der Waals surface area (Å²) in [5.41, 5.74) is 1.21. The monoisotopic (exact) mass is 379 g/mol. The van der Waals surface area contributed by atoms with Gasteiger partial charge in [-0.2, -0.15) is 0 Å². The molecule has 1 saturated heterocycles. The molecule has 1 fully saturated rings. The summed E-state index contributed by atoms with van der Waals surface area (Å²) in [7, 11) is 3.37. The lowest BCUT2D eigenvalue weighted by Crippen LogP contribution is -2.40. The zero-order chi connectivity index (χ0) is 19.4. The second-order valence-corrected chi connectivity index (χ2v) is 8.45. The van der Waals surface area contributed by atoms with Crippen molar-refractivity contribution in [3.63, 3.8) is 0 Å². The molecule has 2 atom stereocenters. The van der Waals surface area contributed by atoms with Crippen LogP contribution >= 0.6 is 11.3 Å². The van der Waals surface area contributed by atoms with Gasteiger partial charge in [0.05, 0.1) is 10.9 Å². The molecule has 0 bridgehead atoms. The zero-order valence-electron chi connectivity index (χ0n) is 16.3. The van der Waals surface area contributed by atoms with Crippen molar-refractivity contribution in [2.75, 3.05) is 27.2 Å². The predicted molar refractivity (Wildman–Crippen MR) is 103 cm³/mol. The lowest BCUT2D eigenvalue weighted by molar-refractivity contribution is -0.135. The van der Waals surface area contributed by atoms with Crippen LogP contribution in [0.4, 0.5) is 0 Å². The molecule has 0 aliphatic carbocycles. The molecule has 144 valence electrons. The van der Waals surface area contributed by atoms with Crippen molar-refractivity contribution in [1.29, 1.82) is 0 Å². The number of nitrogens with zero attached hydrogens (tertiary/aromatic N) is 2. The van der Waals surface area contributed by atoms with Crippen LogP contribution in [0.3, 0.4) is 0 Å². The molecule has 1 aliphatic heterocycles. The van der Waals surface area contributed by atoms with Crippen molar-refractivity contribution in [3.8, 4) is 0 Å². The predicted octanol–water partition coefficient (Wildman–Crippen LogP) is 2.06. The van der Waals surface area contributed by atoms with Gasteiger partial charge in [0.1, 0.15) is 0 Å². The number of likely N-dealkylation sites (tertiary alicyclic amines) is 1. The Morgan fingerprint density at radius 2 is 1.96 bits per heavy atom. The lowest BCUT2D eigenvalue weighted by Gasteiger charge is -2.17. The minimum atomic E-state index is -0.0632. The molecule has 0 aromatic carbocycles. The Bertz CT molecular complexity index is 684. The summed E-state index contributed by atoms with van der Waals surface area (Å²) in [6, 6.07) is 1.91. The van der Waals surface area contributed by atoms with Crippen molar-refractivity contribution in [2.24, 2.45) is 5.92 Å². The standard InChI is InChI=1S/C19H29N3O3S/c1-6-14-9-16(26-13(14)3)19(25)20-15-11-22(10-12(15)2)18(24)8-7-17(23)21(4)5/h9,12,15H,6-8,10-11H2,1-5H3,(H,20,25)/t12-,15+/m0/s1. The van der Waals surface area contributed by atoms with Crippen LogP contribution in [0.15, 0.2) is 6.07 Å². The average molecular weight is 380 g/mol. The molecule has 1 aliphatic rings. The molecule has 1 aromatic rings. The minimum absolute atomic E-state index is 0.0240. The first-order valence-corrected chi connectivity index (χ1v) is 9.92. The Kier molecular flexibility index (Phi) is 6.81. The summed E-state index contributed by atoms with van der Waals surface area (Å²) >= 11 is 1.52. The third kappa shape index (κ3) is 4.84. The van der Waals surface area contributed by atoms with E-state index in [0.29, 0.717) is 13.1 Å². The topological polar surface area (TPSA) is 69.7 Å². The molecule has 0 spiro atoms. The Labute approximate surface area is 159 Å². The average Bonchev–Trinajstić information content (AvgIpc) is 3.15. The molecule has 0 saturated carbocycles. The molecule has 0 radical (unpaired) electrons. The number of carbonyl (C=O) groups excluding carboxylic acids is 3. The van der Waals surface area contributed by atoms with Gasteiger partial charge >= 0.3 is 0 Å². The highest BCUT2D eigenvalue weighted by Gasteiger charge is 2.33. The van der Waals surface area contributed by atoms with E-state index in [1.54, 1.807) is 19.0 Å². The fourth-order valence-electron chi connectivity index (χ4n) is 3.18. The highest BCUT2D eigenvalue weighted by Crippen LogP contribution is 2.23. The maximum absolute atomic E-state index is 12.5. The van der Waals surface area contributed by atoms with E-state index >= 15 is 0 Å². The number of hydrogen-bond acceptors (Lipinski definition) is 4. The molecule has 2 heterocycles. The van der Waals surface area contributed by atoms with E-state index in [-0.39, 0.29) is 42.5 Å². The van der Waals surface area contributed by atoms with Gasteiger partial charge in [-0.25, -0.2) is 0 Å². The summed E-state index contributed by atoms with van der Waals surface area (Å²) in [6.07, 6.45) is 1.36. The van der Waals surface area contributed by atoms with E-state index in [2.05, 4.69) is 12.2 Å². The molecule has 1 aromatic heterocycles. The van der Waals surface area contributed by atoms with Gasteiger partial charge in [-0.15, -0.1) is 11.3 Å². The summed E-state index contributed by atoms with van der Waals surface area (Å²) < 4.78 is 0. The normalized spacial score (nSPS) is 19.5. The first-order chi connectivity index (χ1) is 12.2. The van der Waals surface area contributed by atoms with E-state index in [1.165, 1.54) is 26.7 Å². The number of carbonyl (C=O) groups is 3. The fraction of sp³-hybridized carbons (Fsp3) is 0.632. The van der Waals surface area contributed by atoms with Crippen molar-refractivity contribution in [2.45, 2.75) is 46.1 Å². The van der Waals surface area contributed by atoms with Crippen molar-refractivity contribution in [3.05, 3.63) is 21.4 Å². The largest absolute Gasteiger partial charge is 0.349 e. The Morgan fingerprint density at radius 3 is 2.54 bits per heavy atom. The molecule has 7 heteroatoms. The maximum atomic E-state index is 12.5. The van der Waals surface area contributed by atoms with Crippen LogP contribution in [0.5, 0.6) is 0 Å². The van der Waals surface area contributed by atoms with Gasteiger partial charge in [0.15, 0.2) is 0 Å². The molecule has 0 unspecified atom stereocenters. The molecule has 3 amide bonds. The Morgan fingerprint density at radius 1 is 1.27 bits per heavy atom. The fourth-order valence-corrected chi connectivity index (χ4v) is 4.19. The smallest absolute Gasteiger partial charge is 0.261 e. The van der Waals surface area contributed by atoms with E-state index in [1.807, 2.05) is 19.9 Å². The maximum Gasteiger partial charge on any atom is 0.261 e. The van der Waals surface area contributed by atoms with Crippen LogP contribution in [-0.4, -0.2) is 60.7 Å². The summed E-state index contributed by atoms with van der Waals surface area (Å²) in [5.74, 6) is 0.0603. The van der Waals surface area contributed by atoms with Gasteiger partial charge in [-0.05, 0) is 30.9 Å². The molecule has 2 rings (SSSR count). The van der Waals surface area contributed by atoms with Crippen LogP contribution < -0.4 is 5.32 Å². The molecular formula is C19H29N3O3S. The van der Waals surface area contributed by atoms with Gasteiger partial charge < -0.3 is 15.1 Å². The van der Waals surface area contributed by atoms with Crippen molar-refractivity contribution < 1.29 is 14.4 Å². The van der Waals surface area contributed by atoms with Crippen LogP contribution in [0, 0.1) is 12.8 Å². The first kappa shape index (κ1) is 20.4. The molecule has 26 heavy (non-hydrogen) atoms. The first-order valence-electron chi connectivity index (χ1n) is 9.11. The van der Waals surface area contributed by atoms with E-state index in [0.717, 1.165) is 11.3 Å². The van der Waals surface area contributed by atoms with Crippen molar-refractivity contribution >= 4 is 29.1 Å². The van der Waals surface area contributed by atoms with Gasteiger partial charge in [-0.3, -0.25) is 14.4 Å². The Balaban J connectivity index is 1.90. The van der Waals surface area contributed by atoms with Gasteiger partial charge in [0.2, 0.25) is 11.8 Å². The molecular weight excluding hydrogens is 350 g/mol. The van der Waals surface area contributed by atoms with Gasteiger partial charge in [0, 0.05) is 44.9 Å². The minimum Gasteiger partial charge on any atom is -0.349 e. The van der Waals surface area contributed by atoms with Crippen LogP contribution in [-0.2, 0) is 16.0 Å². The second-order valence-electron chi connectivity index (χ2n) is 7.19. The second kappa shape index (κ2) is 8.66. The quantitative estimate of drug-likeness (QED) is 0.823. The summed E-state index contributed by atoms with van der Waals surface area (Å²) in [4.78, 5) is 41.7. The van der Waals surface area contributed by atoms with E-state index in [4.69, 9.17) is 0 Å². The van der Waals surface area contributed by atoms with Crippen LogP contribution in [0.2, 0.25) is 0 Å². The number of aryl methyl sites for hydroxylation is 2. The van der Waals surface area contributed by atoms with Gasteiger partial charge in [0.25, 0.3) is 5.91 Å². The number of rotatable bonds is 6. The van der Waals surface area contributed by atoms with E-state index < -0.39 is 0 Å². The number of thiophene rings is 1. The SMILES string of the molecule is CCc1cc(C(=O)N[C@@H]2CN(C(=O)CCC(=O)N(C)C)C[C@@H]2C)sc1C. The third-order valence-electron chi connectivity index (χ3n) is 4.96. The Hall–Kier alpha value is -1.89. The lowest BCUT2D eigenvalue weighted by atomic mass is 10.1. The third-order valence-corrected chi connectivity index (χ3v) is 6.05. The highest BCUT2D eigenvalue weighted by atomic mass is 32.1. The van der Waals surface area contributed by atoms with Crippen molar-refractivity contribution in [1.82, 2.24) is 15.1 Å². The summed E-state index contributed by atoms with van der Waals surface area (Å²) in [6.45, 7) is 7.28.